The van der Waals surface area contributed by atoms with E-state index in [9.17, 15) is 8.42 Å². The second-order valence-electron chi connectivity index (χ2n) is 3.65. The van der Waals surface area contributed by atoms with E-state index in [2.05, 4.69) is 57.8 Å². The van der Waals surface area contributed by atoms with Crippen molar-refractivity contribution in [3.63, 3.8) is 0 Å². The Hall–Kier alpha value is -0.310. The topological polar surface area (TPSA) is 59.9 Å². The molecule has 19 heavy (non-hydrogen) atoms. The smallest absolute Gasteiger partial charge is 0.198 e. The third-order valence-corrected chi connectivity index (χ3v) is 6.02. The van der Waals surface area contributed by atoms with E-state index in [0.29, 0.717) is 10.3 Å². The van der Waals surface area contributed by atoms with Crippen molar-refractivity contribution in [2.75, 3.05) is 0 Å². The molecule has 0 saturated carbocycles. The molecule has 0 N–H and O–H groups in total. The number of benzene rings is 1. The molecular formula is C11H7Br3N2O2S. The van der Waals surface area contributed by atoms with Crippen molar-refractivity contribution >= 4 is 57.6 Å². The van der Waals surface area contributed by atoms with Crippen LogP contribution in [0.25, 0.3) is 0 Å². The highest BCUT2D eigenvalue weighted by Crippen LogP contribution is 2.30. The minimum Gasteiger partial charge on any atom is -0.223 e. The van der Waals surface area contributed by atoms with E-state index < -0.39 is 9.84 Å². The van der Waals surface area contributed by atoms with Gasteiger partial charge in [-0.15, -0.1) is 0 Å². The van der Waals surface area contributed by atoms with Gasteiger partial charge in [0.25, 0.3) is 0 Å². The first-order valence-electron chi connectivity index (χ1n) is 5.05. The third kappa shape index (κ3) is 3.62. The molecule has 0 aliphatic carbocycles. The fourth-order valence-electron chi connectivity index (χ4n) is 1.50. The van der Waals surface area contributed by atoms with E-state index >= 15 is 0 Å². The molecule has 1 aromatic carbocycles. The van der Waals surface area contributed by atoms with Crippen LogP contribution in [0.2, 0.25) is 0 Å². The fourth-order valence-corrected chi connectivity index (χ4v) is 6.16. The zero-order valence-electron chi connectivity index (χ0n) is 9.35. The molecule has 100 valence electrons. The number of nitrogens with zero attached hydrogens (tertiary/aromatic N) is 2. The first-order chi connectivity index (χ1) is 8.90. The molecule has 0 amide bonds. The molecule has 0 aliphatic rings. The van der Waals surface area contributed by atoms with Gasteiger partial charge in [0, 0.05) is 0 Å². The van der Waals surface area contributed by atoms with Crippen LogP contribution in [-0.4, -0.2) is 18.4 Å². The van der Waals surface area contributed by atoms with Crippen LogP contribution in [-0.2, 0) is 15.6 Å². The standard InChI is InChI=1S/C11H7Br3N2O2S/c12-9-8(10(13)16-11(14)15-9)19(17,18)6-7-4-2-1-3-5-7/h1-5H,6H2. The lowest BCUT2D eigenvalue weighted by Gasteiger charge is -2.08. The van der Waals surface area contributed by atoms with Crippen molar-refractivity contribution in [2.24, 2.45) is 0 Å². The molecule has 0 saturated heterocycles. The SMILES string of the molecule is O=S(=O)(Cc1ccccc1)c1c(Br)nc(Br)nc1Br. The second-order valence-corrected chi connectivity index (χ2v) is 7.79. The fraction of sp³-hybridized carbons (Fsp3) is 0.0909. The molecule has 8 heteroatoms. The largest absolute Gasteiger partial charge is 0.223 e. The molecule has 2 rings (SSSR count). The van der Waals surface area contributed by atoms with Crippen LogP contribution in [0.4, 0.5) is 0 Å². The summed E-state index contributed by atoms with van der Waals surface area (Å²) in [4.78, 5) is 7.97. The maximum absolute atomic E-state index is 12.4. The lowest BCUT2D eigenvalue weighted by atomic mass is 10.2. The molecule has 0 spiro atoms. The monoisotopic (exact) mass is 468 g/mol. The van der Waals surface area contributed by atoms with Crippen molar-refractivity contribution in [3.05, 3.63) is 49.8 Å². The third-order valence-electron chi connectivity index (χ3n) is 2.27. The molecule has 0 aliphatic heterocycles. The van der Waals surface area contributed by atoms with E-state index in [4.69, 9.17) is 0 Å². The van der Waals surface area contributed by atoms with E-state index in [1.165, 1.54) is 0 Å². The second kappa shape index (κ2) is 5.99. The van der Waals surface area contributed by atoms with Crippen LogP contribution >= 0.6 is 47.8 Å². The summed E-state index contributed by atoms with van der Waals surface area (Å²) in [7, 11) is -3.53. The number of halogens is 3. The summed E-state index contributed by atoms with van der Waals surface area (Å²) in [6.07, 6.45) is 0. The summed E-state index contributed by atoms with van der Waals surface area (Å²) in [5.74, 6) is -0.101. The van der Waals surface area contributed by atoms with E-state index in [1.54, 1.807) is 24.3 Å². The van der Waals surface area contributed by atoms with E-state index in [0.717, 1.165) is 0 Å². The minimum atomic E-state index is -3.53. The van der Waals surface area contributed by atoms with Gasteiger partial charge in [-0.3, -0.25) is 0 Å². The maximum Gasteiger partial charge on any atom is 0.198 e. The predicted octanol–water partition coefficient (Wildman–Crippen LogP) is 3.74. The van der Waals surface area contributed by atoms with Gasteiger partial charge in [-0.25, -0.2) is 18.4 Å². The van der Waals surface area contributed by atoms with Crippen molar-refractivity contribution in [1.82, 2.24) is 9.97 Å². The van der Waals surface area contributed by atoms with Gasteiger partial charge < -0.3 is 0 Å². The van der Waals surface area contributed by atoms with E-state index in [1.807, 2.05) is 6.07 Å². The average molecular weight is 471 g/mol. The molecule has 0 fully saturated rings. The Balaban J connectivity index is 2.46. The van der Waals surface area contributed by atoms with Crippen LogP contribution in [0.3, 0.4) is 0 Å². The zero-order valence-corrected chi connectivity index (χ0v) is 14.9. The van der Waals surface area contributed by atoms with Gasteiger partial charge in [0.15, 0.2) is 14.6 Å². The van der Waals surface area contributed by atoms with Crippen molar-refractivity contribution in [1.29, 1.82) is 0 Å². The Labute approximate surface area is 136 Å². The Morgan fingerprint density at radius 3 is 2.00 bits per heavy atom. The molecule has 0 bridgehead atoms. The van der Waals surface area contributed by atoms with Crippen LogP contribution in [0.5, 0.6) is 0 Å². The lowest BCUT2D eigenvalue weighted by molar-refractivity contribution is 0.592. The van der Waals surface area contributed by atoms with Gasteiger partial charge in [-0.1, -0.05) is 30.3 Å². The summed E-state index contributed by atoms with van der Waals surface area (Å²) in [6, 6.07) is 8.96. The Kier molecular flexibility index (Phi) is 4.75. The van der Waals surface area contributed by atoms with Crippen molar-refractivity contribution in [3.8, 4) is 0 Å². The minimum absolute atomic E-state index is 0.0551. The number of sulfone groups is 1. The highest BCUT2D eigenvalue weighted by Gasteiger charge is 2.24. The van der Waals surface area contributed by atoms with Gasteiger partial charge in [0.1, 0.15) is 14.1 Å². The number of aromatic nitrogens is 2. The molecule has 1 aromatic heterocycles. The quantitative estimate of drug-likeness (QED) is 0.506. The Morgan fingerprint density at radius 1 is 0.947 bits per heavy atom. The highest BCUT2D eigenvalue weighted by atomic mass is 79.9. The van der Waals surface area contributed by atoms with Crippen LogP contribution in [0.15, 0.2) is 49.2 Å². The van der Waals surface area contributed by atoms with E-state index in [-0.39, 0.29) is 19.9 Å². The molecule has 4 nitrogen and oxygen atoms in total. The molecule has 0 unspecified atom stereocenters. The van der Waals surface area contributed by atoms with Gasteiger partial charge in [-0.05, 0) is 53.4 Å². The number of hydrogen-bond donors (Lipinski definition) is 0. The summed E-state index contributed by atoms with van der Waals surface area (Å²) in [5.41, 5.74) is 0.712. The molecule has 0 radical (unpaired) electrons. The Bertz CT molecular complexity index is 682. The van der Waals surface area contributed by atoms with Crippen LogP contribution in [0, 0.1) is 0 Å². The highest BCUT2D eigenvalue weighted by molar-refractivity contribution is 9.11. The summed E-state index contributed by atoms with van der Waals surface area (Å²) >= 11 is 9.42. The van der Waals surface area contributed by atoms with Crippen molar-refractivity contribution in [2.45, 2.75) is 10.6 Å². The number of hydrogen-bond acceptors (Lipinski definition) is 4. The molecule has 1 heterocycles. The summed E-state index contributed by atoms with van der Waals surface area (Å²) < 4.78 is 25.6. The molecule has 2 aromatic rings. The Morgan fingerprint density at radius 2 is 1.47 bits per heavy atom. The average Bonchev–Trinajstić information content (AvgIpc) is 2.27. The van der Waals surface area contributed by atoms with Crippen molar-refractivity contribution < 1.29 is 8.42 Å². The van der Waals surface area contributed by atoms with Crippen LogP contribution < -0.4 is 0 Å². The first-order valence-corrected chi connectivity index (χ1v) is 9.08. The number of rotatable bonds is 3. The first kappa shape index (κ1) is 15.1. The molecule has 0 atom stereocenters. The maximum atomic E-state index is 12.4. The van der Waals surface area contributed by atoms with Gasteiger partial charge in [0.05, 0.1) is 5.75 Å². The predicted molar refractivity (Wildman–Crippen MR) is 82.5 cm³/mol. The van der Waals surface area contributed by atoms with Gasteiger partial charge in [-0.2, -0.15) is 0 Å². The molecular weight excluding hydrogens is 464 g/mol. The van der Waals surface area contributed by atoms with Crippen LogP contribution in [0.1, 0.15) is 5.56 Å². The summed E-state index contributed by atoms with van der Waals surface area (Å²) in [5, 5.41) is 0. The van der Waals surface area contributed by atoms with Gasteiger partial charge in [0.2, 0.25) is 0 Å². The normalized spacial score (nSPS) is 11.5. The van der Waals surface area contributed by atoms with Gasteiger partial charge >= 0.3 is 0 Å². The zero-order chi connectivity index (χ0) is 14.0. The lowest BCUT2D eigenvalue weighted by Crippen LogP contribution is -2.09. The summed E-state index contributed by atoms with van der Waals surface area (Å²) in [6.45, 7) is 0.